The normalized spacial score (nSPS) is 14.1. The van der Waals surface area contributed by atoms with Crippen molar-refractivity contribution in [3.05, 3.63) is 5.01 Å². The van der Waals surface area contributed by atoms with E-state index < -0.39 is 11.2 Å². The molecule has 0 amide bonds. The van der Waals surface area contributed by atoms with E-state index in [1.165, 1.54) is 0 Å². The van der Waals surface area contributed by atoms with Crippen molar-refractivity contribution in [1.29, 1.82) is 0 Å². The number of anilines is 1. The lowest BCUT2D eigenvalue weighted by Gasteiger charge is -2.16. The zero-order valence-electron chi connectivity index (χ0n) is 9.45. The molecule has 1 atom stereocenters. The molecule has 0 radical (unpaired) electrons. The molecule has 1 rings (SSSR count). The predicted octanol–water partition coefficient (Wildman–Crippen LogP) is 2.38. The van der Waals surface area contributed by atoms with E-state index in [2.05, 4.69) is 15.5 Å². The molecule has 1 heterocycles. The number of halogens is 3. The summed E-state index contributed by atoms with van der Waals surface area (Å²) in [5.74, 6) is 0.328. The summed E-state index contributed by atoms with van der Waals surface area (Å²) in [5, 5.41) is 17.4. The molecule has 4 nitrogen and oxygen atoms in total. The van der Waals surface area contributed by atoms with Gasteiger partial charge in [-0.05, 0) is 12.3 Å². The summed E-state index contributed by atoms with van der Waals surface area (Å²) in [6.07, 6.45) is -3.82. The average molecular weight is 269 g/mol. The van der Waals surface area contributed by atoms with E-state index in [1.54, 1.807) is 0 Å². The van der Waals surface area contributed by atoms with Gasteiger partial charge in [-0.1, -0.05) is 25.2 Å². The zero-order chi connectivity index (χ0) is 13.1. The molecular weight excluding hydrogens is 255 g/mol. The van der Waals surface area contributed by atoms with Crippen molar-refractivity contribution in [2.45, 2.75) is 32.5 Å². The van der Waals surface area contributed by atoms with Gasteiger partial charge in [-0.3, -0.25) is 0 Å². The number of alkyl halides is 3. The summed E-state index contributed by atoms with van der Waals surface area (Å²) >= 11 is 0.441. The molecule has 17 heavy (non-hydrogen) atoms. The molecule has 1 unspecified atom stereocenters. The Bertz CT molecular complexity index is 354. The van der Waals surface area contributed by atoms with Crippen LogP contribution >= 0.6 is 11.3 Å². The quantitative estimate of drug-likeness (QED) is 0.861. The van der Waals surface area contributed by atoms with Gasteiger partial charge in [0.15, 0.2) is 0 Å². The number of nitrogens with zero attached hydrogens (tertiary/aromatic N) is 2. The van der Waals surface area contributed by atoms with E-state index in [4.69, 9.17) is 5.11 Å². The fourth-order valence-corrected chi connectivity index (χ4v) is 2.01. The summed E-state index contributed by atoms with van der Waals surface area (Å²) in [6, 6.07) is -0.302. The summed E-state index contributed by atoms with van der Waals surface area (Å²) in [4.78, 5) is 0. The summed E-state index contributed by atoms with van der Waals surface area (Å²) in [7, 11) is 0. The first kappa shape index (κ1) is 14.2. The largest absolute Gasteiger partial charge is 0.445 e. The van der Waals surface area contributed by atoms with Crippen LogP contribution in [0.4, 0.5) is 18.3 Å². The molecular formula is C9H14F3N3OS. The molecule has 0 saturated carbocycles. The minimum atomic E-state index is -4.47. The third-order valence-corrected chi connectivity index (χ3v) is 2.87. The molecule has 0 bridgehead atoms. The van der Waals surface area contributed by atoms with Crippen molar-refractivity contribution in [2.24, 2.45) is 5.92 Å². The number of aromatic nitrogens is 2. The SMILES string of the molecule is CC(C)CC(CO)Nc1nnc(C(F)(F)F)s1. The van der Waals surface area contributed by atoms with Crippen molar-refractivity contribution in [2.75, 3.05) is 11.9 Å². The van der Waals surface area contributed by atoms with Crippen LogP contribution in [0, 0.1) is 5.92 Å². The second-order valence-corrected chi connectivity index (χ2v) is 5.04. The molecule has 0 aliphatic heterocycles. The van der Waals surface area contributed by atoms with Gasteiger partial charge >= 0.3 is 6.18 Å². The smallest absolute Gasteiger partial charge is 0.394 e. The monoisotopic (exact) mass is 269 g/mol. The Labute approximate surface area is 101 Å². The van der Waals surface area contributed by atoms with E-state index in [0.717, 1.165) is 0 Å². The second kappa shape index (κ2) is 5.63. The average Bonchev–Trinajstić information content (AvgIpc) is 2.63. The van der Waals surface area contributed by atoms with Crippen LogP contribution in [0.5, 0.6) is 0 Å². The molecule has 0 spiro atoms. The third kappa shape index (κ3) is 4.47. The molecule has 1 aromatic heterocycles. The van der Waals surface area contributed by atoms with Crippen molar-refractivity contribution in [3.8, 4) is 0 Å². The lowest BCUT2D eigenvalue weighted by atomic mass is 10.1. The van der Waals surface area contributed by atoms with Gasteiger partial charge in [-0.2, -0.15) is 13.2 Å². The van der Waals surface area contributed by atoms with Gasteiger partial charge in [0.05, 0.1) is 12.6 Å². The Morgan fingerprint density at radius 2 is 2.00 bits per heavy atom. The molecule has 98 valence electrons. The Morgan fingerprint density at radius 3 is 2.41 bits per heavy atom. The van der Waals surface area contributed by atoms with Crippen LogP contribution in [0.25, 0.3) is 0 Å². The van der Waals surface area contributed by atoms with Crippen molar-refractivity contribution < 1.29 is 18.3 Å². The minimum absolute atomic E-state index is 0.0806. The topological polar surface area (TPSA) is 58.0 Å². The van der Waals surface area contributed by atoms with E-state index in [1.807, 2.05) is 13.8 Å². The van der Waals surface area contributed by atoms with Gasteiger partial charge in [-0.15, -0.1) is 10.2 Å². The van der Waals surface area contributed by atoms with E-state index in [-0.39, 0.29) is 17.8 Å². The highest BCUT2D eigenvalue weighted by molar-refractivity contribution is 7.15. The van der Waals surface area contributed by atoms with Gasteiger partial charge in [-0.25, -0.2) is 0 Å². The number of rotatable bonds is 5. The van der Waals surface area contributed by atoms with Gasteiger partial charge in [0, 0.05) is 0 Å². The summed E-state index contributed by atoms with van der Waals surface area (Å²) < 4.78 is 36.8. The fraction of sp³-hybridized carbons (Fsp3) is 0.778. The highest BCUT2D eigenvalue weighted by Crippen LogP contribution is 2.33. The van der Waals surface area contributed by atoms with Crippen LogP contribution in [-0.2, 0) is 6.18 Å². The van der Waals surface area contributed by atoms with Crippen molar-refractivity contribution in [3.63, 3.8) is 0 Å². The van der Waals surface area contributed by atoms with Gasteiger partial charge in [0.1, 0.15) is 0 Å². The number of aliphatic hydroxyl groups is 1. The van der Waals surface area contributed by atoms with Crippen LogP contribution in [0.3, 0.4) is 0 Å². The molecule has 1 aromatic rings. The highest BCUT2D eigenvalue weighted by atomic mass is 32.1. The third-order valence-electron chi connectivity index (χ3n) is 1.97. The van der Waals surface area contributed by atoms with E-state index in [9.17, 15) is 13.2 Å². The molecule has 0 aromatic carbocycles. The molecule has 0 saturated heterocycles. The first-order valence-electron chi connectivity index (χ1n) is 5.11. The molecule has 0 aliphatic rings. The van der Waals surface area contributed by atoms with E-state index >= 15 is 0 Å². The highest BCUT2D eigenvalue weighted by Gasteiger charge is 2.35. The Hall–Kier alpha value is -0.890. The Balaban J connectivity index is 2.65. The lowest BCUT2D eigenvalue weighted by molar-refractivity contribution is -0.138. The van der Waals surface area contributed by atoms with Crippen LogP contribution in [0.2, 0.25) is 0 Å². The Kier molecular flexibility index (Phi) is 4.70. The van der Waals surface area contributed by atoms with Crippen LogP contribution in [0.1, 0.15) is 25.3 Å². The van der Waals surface area contributed by atoms with Gasteiger partial charge in [0.2, 0.25) is 10.1 Å². The van der Waals surface area contributed by atoms with Gasteiger partial charge in [0.25, 0.3) is 0 Å². The van der Waals surface area contributed by atoms with Crippen molar-refractivity contribution in [1.82, 2.24) is 10.2 Å². The molecule has 0 aliphatic carbocycles. The van der Waals surface area contributed by atoms with Crippen molar-refractivity contribution >= 4 is 16.5 Å². The fourth-order valence-electron chi connectivity index (χ4n) is 1.32. The number of hydrogen-bond acceptors (Lipinski definition) is 5. The maximum absolute atomic E-state index is 12.3. The maximum atomic E-state index is 12.3. The number of nitrogens with one attached hydrogen (secondary N) is 1. The number of aliphatic hydroxyl groups excluding tert-OH is 1. The maximum Gasteiger partial charge on any atom is 0.445 e. The second-order valence-electron chi connectivity index (χ2n) is 4.06. The summed E-state index contributed by atoms with van der Waals surface area (Å²) in [6.45, 7) is 3.77. The van der Waals surface area contributed by atoms with Crippen LogP contribution in [-0.4, -0.2) is 28.0 Å². The number of hydrogen-bond donors (Lipinski definition) is 2. The first-order valence-corrected chi connectivity index (χ1v) is 5.92. The summed E-state index contributed by atoms with van der Waals surface area (Å²) in [5.41, 5.74) is 0. The van der Waals surface area contributed by atoms with E-state index in [0.29, 0.717) is 23.7 Å². The minimum Gasteiger partial charge on any atom is -0.394 e. The predicted molar refractivity (Wildman–Crippen MR) is 58.9 cm³/mol. The van der Waals surface area contributed by atoms with Crippen LogP contribution < -0.4 is 5.32 Å². The molecule has 0 fully saturated rings. The van der Waals surface area contributed by atoms with Crippen LogP contribution in [0.15, 0.2) is 0 Å². The molecule has 8 heteroatoms. The Morgan fingerprint density at radius 1 is 1.35 bits per heavy atom. The van der Waals surface area contributed by atoms with Gasteiger partial charge < -0.3 is 10.4 Å². The zero-order valence-corrected chi connectivity index (χ0v) is 10.3. The first-order chi connectivity index (χ1) is 7.82. The standard InChI is InChI=1S/C9H14F3N3OS/c1-5(2)3-6(4-16)13-8-15-14-7(17-8)9(10,11)12/h5-6,16H,3-4H2,1-2H3,(H,13,15). The lowest BCUT2D eigenvalue weighted by Crippen LogP contribution is -2.25. The molecule has 2 N–H and O–H groups in total.